The topological polar surface area (TPSA) is 33.3 Å². The van der Waals surface area contributed by atoms with E-state index in [1.165, 1.54) is 11.1 Å². The lowest BCUT2D eigenvalue weighted by atomic mass is 10.1. The summed E-state index contributed by atoms with van der Waals surface area (Å²) in [6.45, 7) is 5.98. The monoisotopic (exact) mass is 220 g/mol. The van der Waals surface area contributed by atoms with Gasteiger partial charge in [0.15, 0.2) is 0 Å². The molecule has 0 radical (unpaired) electrons. The van der Waals surface area contributed by atoms with Crippen LogP contribution in [0.15, 0.2) is 24.3 Å². The standard InChI is InChI=1S/C13H20N2O/c1-13(2)9-16-12(15-13)11-6-4-10(5-7-11)8-14-3/h4-7,12,14-15H,8-9H2,1-3H3. The van der Waals surface area contributed by atoms with Crippen molar-refractivity contribution >= 4 is 0 Å². The molecule has 1 aliphatic rings. The second kappa shape index (κ2) is 4.53. The van der Waals surface area contributed by atoms with Gasteiger partial charge < -0.3 is 10.1 Å². The Hall–Kier alpha value is -0.900. The molecule has 0 bridgehead atoms. The second-order valence-electron chi connectivity index (χ2n) is 4.99. The van der Waals surface area contributed by atoms with Crippen molar-refractivity contribution in [3.63, 3.8) is 0 Å². The van der Waals surface area contributed by atoms with E-state index in [-0.39, 0.29) is 11.8 Å². The van der Waals surface area contributed by atoms with E-state index in [0.717, 1.165) is 13.2 Å². The summed E-state index contributed by atoms with van der Waals surface area (Å²) in [6, 6.07) is 8.54. The molecule has 1 atom stereocenters. The van der Waals surface area contributed by atoms with Gasteiger partial charge in [-0.05, 0) is 32.0 Å². The number of ether oxygens (including phenoxy) is 1. The normalized spacial score (nSPS) is 23.6. The van der Waals surface area contributed by atoms with Crippen LogP contribution in [-0.4, -0.2) is 19.2 Å². The Morgan fingerprint density at radius 2 is 2.06 bits per heavy atom. The maximum absolute atomic E-state index is 5.73. The van der Waals surface area contributed by atoms with E-state index in [2.05, 4.69) is 48.7 Å². The summed E-state index contributed by atoms with van der Waals surface area (Å²) in [5.74, 6) is 0. The predicted molar refractivity (Wildman–Crippen MR) is 65.1 cm³/mol. The minimum absolute atomic E-state index is 0.0404. The molecule has 0 aromatic heterocycles. The fourth-order valence-corrected chi connectivity index (χ4v) is 1.92. The predicted octanol–water partition coefficient (Wildman–Crippen LogP) is 1.80. The molecule has 16 heavy (non-hydrogen) atoms. The Kier molecular flexibility index (Phi) is 3.28. The van der Waals surface area contributed by atoms with Crippen molar-refractivity contribution in [2.24, 2.45) is 0 Å². The largest absolute Gasteiger partial charge is 0.357 e. The lowest BCUT2D eigenvalue weighted by Gasteiger charge is -2.17. The van der Waals surface area contributed by atoms with Crippen molar-refractivity contribution in [1.29, 1.82) is 0 Å². The molecule has 1 heterocycles. The molecule has 88 valence electrons. The van der Waals surface area contributed by atoms with E-state index in [0.29, 0.717) is 0 Å². The first-order valence-corrected chi connectivity index (χ1v) is 5.73. The number of hydrogen-bond donors (Lipinski definition) is 2. The van der Waals surface area contributed by atoms with Gasteiger partial charge in [0.05, 0.1) is 6.61 Å². The van der Waals surface area contributed by atoms with Crippen molar-refractivity contribution < 1.29 is 4.74 Å². The van der Waals surface area contributed by atoms with Crippen LogP contribution in [-0.2, 0) is 11.3 Å². The van der Waals surface area contributed by atoms with E-state index >= 15 is 0 Å². The van der Waals surface area contributed by atoms with E-state index in [1.807, 2.05) is 7.05 Å². The van der Waals surface area contributed by atoms with E-state index in [9.17, 15) is 0 Å². The summed E-state index contributed by atoms with van der Waals surface area (Å²) in [5, 5.41) is 6.60. The maximum Gasteiger partial charge on any atom is 0.134 e. The number of nitrogens with one attached hydrogen (secondary N) is 2. The summed E-state index contributed by atoms with van der Waals surface area (Å²) in [7, 11) is 1.96. The van der Waals surface area contributed by atoms with Gasteiger partial charge in [-0.1, -0.05) is 24.3 Å². The number of benzene rings is 1. The van der Waals surface area contributed by atoms with Gasteiger partial charge >= 0.3 is 0 Å². The van der Waals surface area contributed by atoms with Gasteiger partial charge in [-0.25, -0.2) is 0 Å². The zero-order valence-corrected chi connectivity index (χ0v) is 10.2. The molecule has 1 saturated heterocycles. The van der Waals surface area contributed by atoms with Gasteiger partial charge in [0.2, 0.25) is 0 Å². The zero-order chi connectivity index (χ0) is 11.6. The summed E-state index contributed by atoms with van der Waals surface area (Å²) in [6.07, 6.45) is 0.0404. The Bertz CT molecular complexity index is 345. The smallest absolute Gasteiger partial charge is 0.134 e. The molecule has 0 amide bonds. The van der Waals surface area contributed by atoms with Crippen molar-refractivity contribution in [1.82, 2.24) is 10.6 Å². The first-order chi connectivity index (χ1) is 7.61. The van der Waals surface area contributed by atoms with Gasteiger partial charge in [0.25, 0.3) is 0 Å². The van der Waals surface area contributed by atoms with Crippen molar-refractivity contribution in [3.05, 3.63) is 35.4 Å². The minimum Gasteiger partial charge on any atom is -0.357 e. The molecule has 0 aliphatic carbocycles. The SMILES string of the molecule is CNCc1ccc(C2NC(C)(C)CO2)cc1. The second-order valence-corrected chi connectivity index (χ2v) is 4.99. The number of rotatable bonds is 3. The number of hydrogen-bond acceptors (Lipinski definition) is 3. The molecule has 0 saturated carbocycles. The first-order valence-electron chi connectivity index (χ1n) is 5.73. The molecule has 1 aromatic carbocycles. The highest BCUT2D eigenvalue weighted by Crippen LogP contribution is 2.25. The molecule has 2 N–H and O–H groups in total. The zero-order valence-electron chi connectivity index (χ0n) is 10.2. The van der Waals surface area contributed by atoms with Crippen molar-refractivity contribution in [2.45, 2.75) is 32.2 Å². The van der Waals surface area contributed by atoms with E-state index in [1.54, 1.807) is 0 Å². The van der Waals surface area contributed by atoms with Crippen LogP contribution in [0.25, 0.3) is 0 Å². The van der Waals surface area contributed by atoms with Crippen LogP contribution >= 0.6 is 0 Å². The maximum atomic E-state index is 5.73. The first kappa shape index (κ1) is 11.6. The van der Waals surface area contributed by atoms with Crippen LogP contribution in [0, 0.1) is 0 Å². The Labute approximate surface area is 97.2 Å². The highest BCUT2D eigenvalue weighted by atomic mass is 16.5. The molecular weight excluding hydrogens is 200 g/mol. The Morgan fingerprint density at radius 3 is 2.56 bits per heavy atom. The van der Waals surface area contributed by atoms with E-state index in [4.69, 9.17) is 4.74 Å². The summed E-state index contributed by atoms with van der Waals surface area (Å²) < 4.78 is 5.73. The van der Waals surface area contributed by atoms with Crippen LogP contribution in [0.5, 0.6) is 0 Å². The van der Waals surface area contributed by atoms with Gasteiger partial charge in [-0.15, -0.1) is 0 Å². The van der Waals surface area contributed by atoms with E-state index < -0.39 is 0 Å². The van der Waals surface area contributed by atoms with Gasteiger partial charge in [0, 0.05) is 12.1 Å². The Morgan fingerprint density at radius 1 is 1.38 bits per heavy atom. The highest BCUT2D eigenvalue weighted by molar-refractivity contribution is 5.24. The Balaban J connectivity index is 2.05. The quantitative estimate of drug-likeness (QED) is 0.815. The summed E-state index contributed by atoms with van der Waals surface area (Å²) in [4.78, 5) is 0. The lowest BCUT2D eigenvalue weighted by molar-refractivity contribution is 0.0989. The van der Waals surface area contributed by atoms with Crippen molar-refractivity contribution in [3.8, 4) is 0 Å². The molecule has 2 rings (SSSR count). The van der Waals surface area contributed by atoms with Crippen LogP contribution in [0.3, 0.4) is 0 Å². The van der Waals surface area contributed by atoms with Crippen molar-refractivity contribution in [2.75, 3.05) is 13.7 Å². The van der Waals surface area contributed by atoms with Crippen LogP contribution in [0.1, 0.15) is 31.2 Å². The minimum atomic E-state index is 0.0404. The van der Waals surface area contributed by atoms with Gasteiger partial charge in [-0.2, -0.15) is 0 Å². The van der Waals surface area contributed by atoms with Gasteiger partial charge in [0.1, 0.15) is 6.23 Å². The summed E-state index contributed by atoms with van der Waals surface area (Å²) >= 11 is 0. The van der Waals surface area contributed by atoms with Crippen LogP contribution in [0.2, 0.25) is 0 Å². The molecule has 1 fully saturated rings. The average Bonchev–Trinajstić information content (AvgIpc) is 2.61. The molecule has 1 aromatic rings. The molecule has 1 unspecified atom stereocenters. The van der Waals surface area contributed by atoms with Crippen LogP contribution in [0.4, 0.5) is 0 Å². The average molecular weight is 220 g/mol. The fourth-order valence-electron chi connectivity index (χ4n) is 1.92. The third-order valence-corrected chi connectivity index (χ3v) is 2.80. The molecule has 3 nitrogen and oxygen atoms in total. The molecular formula is C13H20N2O. The third-order valence-electron chi connectivity index (χ3n) is 2.80. The molecule has 1 aliphatic heterocycles. The molecule has 0 spiro atoms. The lowest BCUT2D eigenvalue weighted by Crippen LogP contribution is -2.35. The van der Waals surface area contributed by atoms with Gasteiger partial charge in [-0.3, -0.25) is 5.32 Å². The fraction of sp³-hybridized carbons (Fsp3) is 0.538. The van der Waals surface area contributed by atoms with Crippen LogP contribution < -0.4 is 10.6 Å². The molecule has 3 heteroatoms. The summed E-state index contributed by atoms with van der Waals surface area (Å²) in [5.41, 5.74) is 2.57. The highest BCUT2D eigenvalue weighted by Gasteiger charge is 2.31. The third kappa shape index (κ3) is 2.61.